The average Bonchev–Trinajstić information content (AvgIpc) is 2.91. The molecule has 0 radical (unpaired) electrons. The number of hydrogen-bond acceptors (Lipinski definition) is 4. The SMILES string of the molecule is CCc1ccc(N=C2CSc3nnc(C(F)(F)F)n3N2)cc1. The molecule has 5 nitrogen and oxygen atoms in total. The molecule has 1 aromatic heterocycles. The maximum atomic E-state index is 12.8. The molecule has 0 saturated heterocycles. The fraction of sp³-hybridized carbons (Fsp3) is 0.308. The summed E-state index contributed by atoms with van der Waals surface area (Å²) in [6.07, 6.45) is -3.64. The first-order valence-electron chi connectivity index (χ1n) is 6.56. The summed E-state index contributed by atoms with van der Waals surface area (Å²) in [4.78, 5) is 4.34. The Kier molecular flexibility index (Phi) is 3.81. The highest BCUT2D eigenvalue weighted by Crippen LogP contribution is 2.31. The van der Waals surface area contributed by atoms with Crippen LogP contribution in [0, 0.1) is 0 Å². The molecule has 1 aromatic carbocycles. The number of aromatic nitrogens is 3. The second-order valence-electron chi connectivity index (χ2n) is 4.62. The second-order valence-corrected chi connectivity index (χ2v) is 5.56. The summed E-state index contributed by atoms with van der Waals surface area (Å²) < 4.78 is 39.3. The minimum Gasteiger partial charge on any atom is -0.276 e. The van der Waals surface area contributed by atoms with Crippen molar-refractivity contribution in [2.24, 2.45) is 4.99 Å². The van der Waals surface area contributed by atoms with Gasteiger partial charge in [-0.05, 0) is 24.1 Å². The number of amidine groups is 1. The lowest BCUT2D eigenvalue weighted by atomic mass is 10.1. The van der Waals surface area contributed by atoms with E-state index >= 15 is 0 Å². The van der Waals surface area contributed by atoms with Gasteiger partial charge in [0, 0.05) is 0 Å². The van der Waals surface area contributed by atoms with Crippen LogP contribution in [0.5, 0.6) is 0 Å². The van der Waals surface area contributed by atoms with E-state index in [2.05, 4.69) is 20.6 Å². The van der Waals surface area contributed by atoms with E-state index in [0.717, 1.165) is 22.9 Å². The lowest BCUT2D eigenvalue weighted by Crippen LogP contribution is -2.33. The highest BCUT2D eigenvalue weighted by atomic mass is 32.2. The summed E-state index contributed by atoms with van der Waals surface area (Å²) in [5.74, 6) is -0.248. The van der Waals surface area contributed by atoms with E-state index in [-0.39, 0.29) is 5.16 Å². The van der Waals surface area contributed by atoms with Crippen molar-refractivity contribution in [3.05, 3.63) is 35.7 Å². The molecular formula is C13H12F3N5S. The van der Waals surface area contributed by atoms with Crippen LogP contribution in [-0.2, 0) is 12.6 Å². The second kappa shape index (κ2) is 5.64. The average molecular weight is 327 g/mol. The highest BCUT2D eigenvalue weighted by Gasteiger charge is 2.40. The fourth-order valence-corrected chi connectivity index (χ4v) is 2.72. The number of aryl methyl sites for hydroxylation is 1. The predicted molar refractivity (Wildman–Crippen MR) is 78.0 cm³/mol. The molecule has 0 unspecified atom stereocenters. The molecule has 1 N–H and O–H groups in total. The van der Waals surface area contributed by atoms with Crippen LogP contribution in [0.2, 0.25) is 0 Å². The fourth-order valence-electron chi connectivity index (χ4n) is 1.96. The lowest BCUT2D eigenvalue weighted by molar-refractivity contribution is -0.146. The standard InChI is InChI=1S/C13H12F3N5S/c1-2-8-3-5-9(6-4-8)17-10-7-22-12-19-18-11(13(14,15)16)21(12)20-10/h3-6H,2,7H2,1H3,(H,17,20). The van der Waals surface area contributed by atoms with E-state index in [1.807, 2.05) is 31.2 Å². The van der Waals surface area contributed by atoms with Crippen molar-refractivity contribution < 1.29 is 13.2 Å². The lowest BCUT2D eigenvalue weighted by Gasteiger charge is -2.19. The van der Waals surface area contributed by atoms with Gasteiger partial charge in [0.15, 0.2) is 0 Å². The first kappa shape index (κ1) is 14.9. The van der Waals surface area contributed by atoms with E-state index < -0.39 is 12.0 Å². The van der Waals surface area contributed by atoms with Gasteiger partial charge in [-0.1, -0.05) is 30.8 Å². The first-order chi connectivity index (χ1) is 10.5. The third-order valence-electron chi connectivity index (χ3n) is 3.07. The molecule has 2 aromatic rings. The van der Waals surface area contributed by atoms with Crippen LogP contribution in [-0.4, -0.2) is 26.5 Å². The number of hydrogen-bond donors (Lipinski definition) is 1. The van der Waals surface area contributed by atoms with Gasteiger partial charge in [0.05, 0.1) is 11.4 Å². The smallest absolute Gasteiger partial charge is 0.276 e. The van der Waals surface area contributed by atoms with Crippen molar-refractivity contribution in [2.45, 2.75) is 24.7 Å². The van der Waals surface area contributed by atoms with Crippen LogP contribution in [0.15, 0.2) is 34.4 Å². The number of rotatable bonds is 2. The van der Waals surface area contributed by atoms with Crippen LogP contribution in [0.4, 0.5) is 18.9 Å². The molecule has 0 amide bonds. The number of thioether (sulfide) groups is 1. The maximum Gasteiger partial charge on any atom is 0.453 e. The van der Waals surface area contributed by atoms with Crippen molar-refractivity contribution in [2.75, 3.05) is 11.2 Å². The largest absolute Gasteiger partial charge is 0.453 e. The van der Waals surface area contributed by atoms with Crippen LogP contribution in [0.3, 0.4) is 0 Å². The van der Waals surface area contributed by atoms with E-state index in [1.165, 1.54) is 5.56 Å². The number of halogens is 3. The Labute approximate surface area is 128 Å². The van der Waals surface area contributed by atoms with E-state index in [4.69, 9.17) is 0 Å². The third-order valence-corrected chi connectivity index (χ3v) is 4.01. The molecule has 0 atom stereocenters. The summed E-state index contributed by atoms with van der Waals surface area (Å²) >= 11 is 1.16. The molecule has 0 aliphatic carbocycles. The van der Waals surface area contributed by atoms with Crippen LogP contribution in [0.1, 0.15) is 18.3 Å². The van der Waals surface area contributed by atoms with Gasteiger partial charge in [-0.2, -0.15) is 13.2 Å². The van der Waals surface area contributed by atoms with Gasteiger partial charge in [0.2, 0.25) is 5.16 Å². The van der Waals surface area contributed by atoms with Crippen molar-refractivity contribution in [3.8, 4) is 0 Å². The summed E-state index contributed by atoms with van der Waals surface area (Å²) in [6.45, 7) is 2.05. The van der Waals surface area contributed by atoms with Gasteiger partial charge in [-0.3, -0.25) is 5.43 Å². The zero-order valence-electron chi connectivity index (χ0n) is 11.6. The molecule has 0 fully saturated rings. The van der Waals surface area contributed by atoms with Crippen molar-refractivity contribution in [3.63, 3.8) is 0 Å². The molecule has 1 aliphatic heterocycles. The topological polar surface area (TPSA) is 55.1 Å². The van der Waals surface area contributed by atoms with E-state index in [0.29, 0.717) is 17.3 Å². The summed E-state index contributed by atoms with van der Waals surface area (Å²) in [5, 5.41) is 6.88. The van der Waals surface area contributed by atoms with Crippen molar-refractivity contribution in [1.29, 1.82) is 0 Å². The zero-order valence-corrected chi connectivity index (χ0v) is 12.4. The third kappa shape index (κ3) is 2.94. The molecular weight excluding hydrogens is 315 g/mol. The van der Waals surface area contributed by atoms with E-state index in [1.54, 1.807) is 0 Å². The van der Waals surface area contributed by atoms with Crippen LogP contribution in [0.25, 0.3) is 0 Å². The Morgan fingerprint density at radius 1 is 1.27 bits per heavy atom. The quantitative estimate of drug-likeness (QED) is 0.920. The van der Waals surface area contributed by atoms with Crippen molar-refractivity contribution >= 4 is 23.3 Å². The van der Waals surface area contributed by atoms with Gasteiger partial charge in [-0.25, -0.2) is 9.67 Å². The number of nitrogens with one attached hydrogen (secondary N) is 1. The summed E-state index contributed by atoms with van der Waals surface area (Å²) in [7, 11) is 0. The number of nitrogens with zero attached hydrogens (tertiary/aromatic N) is 4. The summed E-state index contributed by atoms with van der Waals surface area (Å²) in [6, 6.07) is 7.57. The molecule has 9 heteroatoms. The number of alkyl halides is 3. The Morgan fingerprint density at radius 3 is 2.64 bits per heavy atom. The van der Waals surface area contributed by atoms with E-state index in [9.17, 15) is 13.2 Å². The van der Waals surface area contributed by atoms with Gasteiger partial charge in [-0.15, -0.1) is 10.2 Å². The number of aliphatic imine (C=N–C) groups is 1. The number of fused-ring (bicyclic) bond motifs is 1. The molecule has 0 bridgehead atoms. The van der Waals surface area contributed by atoms with Gasteiger partial charge in [0.25, 0.3) is 5.82 Å². The predicted octanol–water partition coefficient (Wildman–Crippen LogP) is 3.24. The van der Waals surface area contributed by atoms with Crippen LogP contribution >= 0.6 is 11.8 Å². The first-order valence-corrected chi connectivity index (χ1v) is 7.55. The van der Waals surface area contributed by atoms with Gasteiger partial charge >= 0.3 is 6.18 Å². The molecule has 22 heavy (non-hydrogen) atoms. The molecule has 1 aliphatic rings. The minimum absolute atomic E-state index is 0.174. The van der Waals surface area contributed by atoms with Crippen molar-refractivity contribution in [1.82, 2.24) is 14.9 Å². The highest BCUT2D eigenvalue weighted by molar-refractivity contribution is 7.99. The molecule has 0 saturated carbocycles. The molecule has 3 rings (SSSR count). The maximum absolute atomic E-state index is 12.8. The Hall–Kier alpha value is -2.03. The monoisotopic (exact) mass is 327 g/mol. The van der Waals surface area contributed by atoms with Gasteiger partial charge in [0.1, 0.15) is 5.84 Å². The molecule has 2 heterocycles. The molecule has 116 valence electrons. The normalized spacial score (nSPS) is 16.5. The Bertz CT molecular complexity index is 705. The Balaban J connectivity index is 1.86. The minimum atomic E-state index is -4.57. The van der Waals surface area contributed by atoms with Gasteiger partial charge < -0.3 is 0 Å². The zero-order chi connectivity index (χ0) is 15.7. The van der Waals surface area contributed by atoms with Crippen LogP contribution < -0.4 is 5.43 Å². The Morgan fingerprint density at radius 2 is 2.00 bits per heavy atom. The summed E-state index contributed by atoms with van der Waals surface area (Å²) in [5.41, 5.74) is 4.49. The number of benzene rings is 1. The molecule has 0 spiro atoms.